The predicted molar refractivity (Wildman–Crippen MR) is 130 cm³/mol. The molecule has 5 heteroatoms. The molecular formula is C27H29NO3S. The summed E-state index contributed by atoms with van der Waals surface area (Å²) in [5.74, 6) is -0.476. The van der Waals surface area contributed by atoms with E-state index in [9.17, 15) is 9.59 Å². The highest BCUT2D eigenvalue weighted by Gasteiger charge is 2.27. The highest BCUT2D eigenvalue weighted by Crippen LogP contribution is 2.38. The predicted octanol–water partition coefficient (Wildman–Crippen LogP) is 6.35. The highest BCUT2D eigenvalue weighted by atomic mass is 32.1. The first-order valence-corrected chi connectivity index (χ1v) is 12.2. The van der Waals surface area contributed by atoms with Crippen LogP contribution in [0.2, 0.25) is 0 Å². The fourth-order valence-corrected chi connectivity index (χ4v) is 5.71. The molecule has 1 heterocycles. The summed E-state index contributed by atoms with van der Waals surface area (Å²) in [6.45, 7) is 2.13. The molecule has 3 aromatic rings. The van der Waals surface area contributed by atoms with Crippen LogP contribution in [0.5, 0.6) is 0 Å². The fourth-order valence-electron chi connectivity index (χ4n) is 4.41. The van der Waals surface area contributed by atoms with Crippen molar-refractivity contribution in [2.75, 3.05) is 11.9 Å². The van der Waals surface area contributed by atoms with Crippen LogP contribution in [0.3, 0.4) is 0 Å². The average Bonchev–Trinajstić information content (AvgIpc) is 2.98. The van der Waals surface area contributed by atoms with Crippen LogP contribution in [0.15, 0.2) is 60.7 Å². The van der Waals surface area contributed by atoms with E-state index in [0.29, 0.717) is 23.6 Å². The molecule has 166 valence electrons. The van der Waals surface area contributed by atoms with Gasteiger partial charge in [-0.1, -0.05) is 67.1 Å². The molecule has 32 heavy (non-hydrogen) atoms. The van der Waals surface area contributed by atoms with Crippen LogP contribution < -0.4 is 5.32 Å². The molecule has 4 rings (SSSR count). The molecule has 1 aromatic heterocycles. The number of aryl methyl sites for hydroxylation is 1. The Bertz CT molecular complexity index is 1020. The first kappa shape index (κ1) is 22.3. The van der Waals surface area contributed by atoms with Crippen LogP contribution in [0.1, 0.15) is 70.5 Å². The van der Waals surface area contributed by atoms with E-state index in [1.54, 1.807) is 11.3 Å². The molecule has 0 aliphatic heterocycles. The third-order valence-electron chi connectivity index (χ3n) is 5.95. The van der Waals surface area contributed by atoms with Gasteiger partial charge in [0.15, 0.2) is 0 Å². The zero-order valence-corrected chi connectivity index (χ0v) is 19.3. The van der Waals surface area contributed by atoms with Crippen LogP contribution >= 0.6 is 11.3 Å². The summed E-state index contributed by atoms with van der Waals surface area (Å²) < 4.78 is 5.35. The van der Waals surface area contributed by atoms with E-state index >= 15 is 0 Å². The number of fused-ring (bicyclic) bond motifs is 1. The highest BCUT2D eigenvalue weighted by molar-refractivity contribution is 7.17. The van der Waals surface area contributed by atoms with E-state index in [1.165, 1.54) is 11.3 Å². The minimum Gasteiger partial charge on any atom is -0.462 e. The molecule has 0 spiro atoms. The summed E-state index contributed by atoms with van der Waals surface area (Å²) in [4.78, 5) is 27.2. The zero-order chi connectivity index (χ0) is 22.3. The molecule has 1 amide bonds. The number of amides is 1. The van der Waals surface area contributed by atoms with Crippen molar-refractivity contribution in [2.45, 2.75) is 51.4 Å². The number of hydrogen-bond donors (Lipinski definition) is 1. The number of benzene rings is 2. The van der Waals surface area contributed by atoms with Crippen molar-refractivity contribution >= 4 is 28.2 Å². The Kier molecular flexibility index (Phi) is 7.38. The number of nitrogens with one attached hydrogen (secondary N) is 1. The van der Waals surface area contributed by atoms with Crippen LogP contribution in [0.4, 0.5) is 5.00 Å². The monoisotopic (exact) mass is 447 g/mol. The number of ether oxygens (including phenoxy) is 1. The van der Waals surface area contributed by atoms with Gasteiger partial charge in [0.2, 0.25) is 5.91 Å². The number of thiophene rings is 1. The van der Waals surface area contributed by atoms with Crippen LogP contribution in [0, 0.1) is 0 Å². The van der Waals surface area contributed by atoms with Gasteiger partial charge in [-0.3, -0.25) is 4.79 Å². The topological polar surface area (TPSA) is 55.4 Å². The van der Waals surface area contributed by atoms with Gasteiger partial charge in [0, 0.05) is 17.2 Å². The lowest BCUT2D eigenvalue weighted by Crippen LogP contribution is -2.18. The van der Waals surface area contributed by atoms with Crippen molar-refractivity contribution in [3.8, 4) is 0 Å². The van der Waals surface area contributed by atoms with Gasteiger partial charge in [-0.2, -0.15) is 0 Å². The number of rotatable bonds is 7. The molecule has 1 aliphatic carbocycles. The molecule has 0 fully saturated rings. The molecule has 0 saturated heterocycles. The van der Waals surface area contributed by atoms with E-state index in [0.717, 1.165) is 42.4 Å². The van der Waals surface area contributed by atoms with Crippen molar-refractivity contribution < 1.29 is 14.3 Å². The lowest BCUT2D eigenvalue weighted by Gasteiger charge is -2.18. The fraction of sp³-hybridized carbons (Fsp3) is 0.333. The number of esters is 1. The van der Waals surface area contributed by atoms with E-state index in [2.05, 4.69) is 29.6 Å². The van der Waals surface area contributed by atoms with Crippen LogP contribution in [-0.4, -0.2) is 18.5 Å². The van der Waals surface area contributed by atoms with Crippen molar-refractivity contribution in [2.24, 2.45) is 0 Å². The van der Waals surface area contributed by atoms with Gasteiger partial charge >= 0.3 is 5.97 Å². The molecule has 4 nitrogen and oxygen atoms in total. The summed E-state index contributed by atoms with van der Waals surface area (Å²) in [7, 11) is 0. The largest absolute Gasteiger partial charge is 0.462 e. The van der Waals surface area contributed by atoms with Gasteiger partial charge in [-0.05, 0) is 49.3 Å². The molecule has 2 aromatic carbocycles. The Morgan fingerprint density at radius 2 is 1.56 bits per heavy atom. The second-order valence-corrected chi connectivity index (χ2v) is 9.22. The Balaban J connectivity index is 1.61. The quantitative estimate of drug-likeness (QED) is 0.339. The molecule has 0 saturated carbocycles. The van der Waals surface area contributed by atoms with Gasteiger partial charge in [0.05, 0.1) is 12.2 Å². The molecule has 0 unspecified atom stereocenters. The molecule has 0 radical (unpaired) electrons. The van der Waals surface area contributed by atoms with Gasteiger partial charge in [0.25, 0.3) is 0 Å². The standard InChI is InChI=1S/C27H29NO3S/c1-2-31-27(30)25-21-16-10-5-11-17-23(21)32-26(25)28-24(29)18-22(19-12-6-3-7-13-19)20-14-8-4-9-15-20/h3-4,6-9,12-15,22H,2,5,10-11,16-18H2,1H3,(H,28,29). The second-order valence-electron chi connectivity index (χ2n) is 8.12. The van der Waals surface area contributed by atoms with E-state index in [-0.39, 0.29) is 17.8 Å². The smallest absolute Gasteiger partial charge is 0.341 e. The normalized spacial score (nSPS) is 13.3. The average molecular weight is 448 g/mol. The summed E-state index contributed by atoms with van der Waals surface area (Å²) in [6.07, 6.45) is 5.48. The third-order valence-corrected chi connectivity index (χ3v) is 7.15. The third kappa shape index (κ3) is 5.10. The SMILES string of the molecule is CCOC(=O)c1c(NC(=O)CC(c2ccccc2)c2ccccc2)sc2c1CCCCC2. The van der Waals surface area contributed by atoms with E-state index in [4.69, 9.17) is 4.74 Å². The Morgan fingerprint density at radius 3 is 2.19 bits per heavy atom. The summed E-state index contributed by atoms with van der Waals surface area (Å²) in [5.41, 5.74) is 3.84. The van der Waals surface area contributed by atoms with Crippen molar-refractivity contribution in [1.82, 2.24) is 0 Å². The van der Waals surface area contributed by atoms with Gasteiger partial charge in [-0.15, -0.1) is 11.3 Å². The van der Waals surface area contributed by atoms with E-state index in [1.807, 2.05) is 43.3 Å². The molecule has 1 N–H and O–H groups in total. The van der Waals surface area contributed by atoms with Crippen molar-refractivity contribution in [3.05, 3.63) is 87.8 Å². The van der Waals surface area contributed by atoms with E-state index < -0.39 is 0 Å². The van der Waals surface area contributed by atoms with Gasteiger partial charge in [0.1, 0.15) is 5.00 Å². The summed E-state index contributed by atoms with van der Waals surface area (Å²) in [5, 5.41) is 3.72. The van der Waals surface area contributed by atoms with Gasteiger partial charge < -0.3 is 10.1 Å². The Labute approximate surface area is 193 Å². The lowest BCUT2D eigenvalue weighted by atomic mass is 9.88. The first-order valence-electron chi connectivity index (χ1n) is 11.4. The Morgan fingerprint density at radius 1 is 0.938 bits per heavy atom. The molecular weight excluding hydrogens is 418 g/mol. The molecule has 0 bridgehead atoms. The Hall–Kier alpha value is -2.92. The maximum absolute atomic E-state index is 13.2. The summed E-state index contributed by atoms with van der Waals surface area (Å²) >= 11 is 1.54. The minimum atomic E-state index is -0.329. The van der Waals surface area contributed by atoms with Crippen LogP contribution in [-0.2, 0) is 22.4 Å². The maximum atomic E-state index is 13.2. The molecule has 1 aliphatic rings. The number of hydrogen-bond acceptors (Lipinski definition) is 4. The van der Waals surface area contributed by atoms with Crippen LogP contribution in [0.25, 0.3) is 0 Å². The summed E-state index contributed by atoms with van der Waals surface area (Å²) in [6, 6.07) is 20.2. The second kappa shape index (κ2) is 10.6. The minimum absolute atomic E-state index is 0.0544. The first-order chi connectivity index (χ1) is 15.7. The molecule has 0 atom stereocenters. The lowest BCUT2D eigenvalue weighted by molar-refractivity contribution is -0.116. The van der Waals surface area contributed by atoms with Crippen molar-refractivity contribution in [1.29, 1.82) is 0 Å². The maximum Gasteiger partial charge on any atom is 0.341 e. The zero-order valence-electron chi connectivity index (χ0n) is 18.4. The number of carbonyl (C=O) groups is 2. The van der Waals surface area contributed by atoms with Crippen molar-refractivity contribution in [3.63, 3.8) is 0 Å². The number of carbonyl (C=O) groups excluding carboxylic acids is 2. The van der Waals surface area contributed by atoms with Gasteiger partial charge in [-0.25, -0.2) is 4.79 Å². The number of anilines is 1.